The Morgan fingerprint density at radius 3 is 2.45 bits per heavy atom. The lowest BCUT2D eigenvalue weighted by atomic mass is 9.88. The number of halogens is 3. The van der Waals surface area contributed by atoms with E-state index in [1.54, 1.807) is 0 Å². The molecule has 0 unspecified atom stereocenters. The van der Waals surface area contributed by atoms with Crippen molar-refractivity contribution in [3.8, 4) is 5.69 Å². The summed E-state index contributed by atoms with van der Waals surface area (Å²) in [5.74, 6) is 0.305. The monoisotopic (exact) mass is 412 g/mol. The summed E-state index contributed by atoms with van der Waals surface area (Å²) >= 11 is 0. The number of fused-ring (bicyclic) bond motifs is 2. The van der Waals surface area contributed by atoms with E-state index in [1.807, 2.05) is 0 Å². The molecule has 3 heterocycles. The highest BCUT2D eigenvalue weighted by molar-refractivity contribution is 5.75. The third-order valence-corrected chi connectivity index (χ3v) is 4.89. The number of amides is 1. The molecule has 11 heteroatoms. The number of nitrogens with two attached hydrogens (primary N) is 1. The van der Waals surface area contributed by atoms with Gasteiger partial charge in [-0.15, -0.1) is 0 Å². The van der Waals surface area contributed by atoms with Crippen molar-refractivity contribution in [1.82, 2.24) is 14.8 Å². The van der Waals surface area contributed by atoms with Gasteiger partial charge in [0.1, 0.15) is 5.82 Å². The van der Waals surface area contributed by atoms with Crippen LogP contribution in [-0.4, -0.2) is 44.5 Å². The molecule has 8 nitrogen and oxygen atoms in total. The fourth-order valence-corrected chi connectivity index (χ4v) is 3.73. The van der Waals surface area contributed by atoms with E-state index >= 15 is 0 Å². The van der Waals surface area contributed by atoms with Crippen LogP contribution in [0.2, 0.25) is 0 Å². The van der Waals surface area contributed by atoms with Crippen LogP contribution in [0.1, 0.15) is 42.4 Å². The van der Waals surface area contributed by atoms with E-state index in [0.29, 0.717) is 11.5 Å². The number of ether oxygens (including phenoxy) is 1. The van der Waals surface area contributed by atoms with Crippen molar-refractivity contribution in [3.63, 3.8) is 0 Å². The Labute approximate surface area is 163 Å². The summed E-state index contributed by atoms with van der Waals surface area (Å²) in [6, 6.07) is 4.71. The summed E-state index contributed by atoms with van der Waals surface area (Å²) in [5.41, 5.74) is 4.95. The van der Waals surface area contributed by atoms with Crippen LogP contribution in [0.5, 0.6) is 0 Å². The van der Waals surface area contributed by atoms with Gasteiger partial charge in [-0.2, -0.15) is 18.3 Å². The van der Waals surface area contributed by atoms with Crippen molar-refractivity contribution in [2.75, 3.05) is 0 Å². The van der Waals surface area contributed by atoms with Gasteiger partial charge in [0.25, 0.3) is 6.47 Å². The number of primary amides is 1. The van der Waals surface area contributed by atoms with Crippen LogP contribution in [0.15, 0.2) is 24.3 Å². The van der Waals surface area contributed by atoms with Crippen molar-refractivity contribution in [2.24, 2.45) is 5.73 Å². The second kappa shape index (κ2) is 8.19. The van der Waals surface area contributed by atoms with Gasteiger partial charge in [0.2, 0.25) is 5.91 Å². The quantitative estimate of drug-likeness (QED) is 0.742. The maximum absolute atomic E-state index is 12.8. The molecule has 0 radical (unpaired) electrons. The largest absolute Gasteiger partial charge is 0.483 e. The Bertz CT molecular complexity index is 882. The maximum atomic E-state index is 12.8. The molecule has 2 aliphatic heterocycles. The van der Waals surface area contributed by atoms with E-state index in [2.05, 4.69) is 10.1 Å². The fourth-order valence-electron chi connectivity index (χ4n) is 3.73. The van der Waals surface area contributed by atoms with Crippen molar-refractivity contribution in [1.29, 1.82) is 0 Å². The van der Waals surface area contributed by atoms with Crippen molar-refractivity contribution in [2.45, 2.75) is 50.0 Å². The van der Waals surface area contributed by atoms with Crippen molar-refractivity contribution < 1.29 is 32.6 Å². The van der Waals surface area contributed by atoms with Crippen LogP contribution in [0, 0.1) is 0 Å². The fraction of sp³-hybridized carbons (Fsp3) is 0.444. The molecule has 2 aromatic rings. The molecule has 0 spiro atoms. The van der Waals surface area contributed by atoms with Crippen LogP contribution in [-0.2, 0) is 26.9 Å². The Balaban J connectivity index is 0.000000755. The van der Waals surface area contributed by atoms with Crippen molar-refractivity contribution in [3.05, 3.63) is 41.5 Å². The summed E-state index contributed by atoms with van der Waals surface area (Å²) in [5, 5.41) is 11.2. The Morgan fingerprint density at radius 2 is 1.97 bits per heavy atom. The molecular formula is C18H19F3N4O4. The van der Waals surface area contributed by atoms with Gasteiger partial charge in [-0.25, -0.2) is 9.67 Å². The molecule has 1 amide bonds. The van der Waals surface area contributed by atoms with Crippen LogP contribution in [0.25, 0.3) is 5.69 Å². The van der Waals surface area contributed by atoms with E-state index in [4.69, 9.17) is 20.4 Å². The number of carbonyl (C=O) groups is 2. The lowest BCUT2D eigenvalue weighted by Crippen LogP contribution is -2.19. The lowest BCUT2D eigenvalue weighted by Gasteiger charge is -2.18. The minimum atomic E-state index is -4.40. The molecular weight excluding hydrogens is 393 g/mol. The predicted molar refractivity (Wildman–Crippen MR) is 93.2 cm³/mol. The minimum Gasteiger partial charge on any atom is -0.483 e. The smallest absolute Gasteiger partial charge is 0.416 e. The van der Waals surface area contributed by atoms with E-state index in [9.17, 15) is 18.0 Å². The zero-order chi connectivity index (χ0) is 21.2. The topological polar surface area (TPSA) is 120 Å². The van der Waals surface area contributed by atoms with Gasteiger partial charge >= 0.3 is 6.18 Å². The summed E-state index contributed by atoms with van der Waals surface area (Å²) in [4.78, 5) is 24.0. The first kappa shape index (κ1) is 20.8. The number of carboxylic acid groups (broad SMARTS) is 1. The molecule has 156 valence electrons. The number of hydrogen-bond acceptors (Lipinski definition) is 5. The first-order chi connectivity index (χ1) is 13.7. The van der Waals surface area contributed by atoms with Gasteiger partial charge in [-0.3, -0.25) is 9.59 Å². The average Bonchev–Trinajstić information content (AvgIpc) is 3.36. The Hall–Kier alpha value is -2.95. The van der Waals surface area contributed by atoms with Crippen LogP contribution in [0.4, 0.5) is 13.2 Å². The van der Waals surface area contributed by atoms with Crippen LogP contribution >= 0.6 is 0 Å². The SMILES string of the molecule is NC(=O)Cc1nc([C@H]2C[C@@H]3CC[C@H]2O3)n(-c2ccc(C(F)(F)F)cc2)n1.O=CO. The molecule has 2 saturated heterocycles. The van der Waals surface area contributed by atoms with Crippen LogP contribution < -0.4 is 5.73 Å². The Kier molecular flexibility index (Phi) is 5.87. The van der Waals surface area contributed by atoms with E-state index in [0.717, 1.165) is 31.4 Å². The van der Waals surface area contributed by atoms with E-state index in [1.165, 1.54) is 16.8 Å². The number of carbonyl (C=O) groups excluding carboxylic acids is 1. The van der Waals surface area contributed by atoms with Gasteiger partial charge in [0.05, 0.1) is 29.9 Å². The average molecular weight is 412 g/mol. The number of rotatable bonds is 4. The predicted octanol–water partition coefficient (Wildman–Crippen LogP) is 2.05. The molecule has 0 saturated carbocycles. The zero-order valence-electron chi connectivity index (χ0n) is 15.2. The zero-order valence-corrected chi connectivity index (χ0v) is 15.2. The normalized spacial score (nSPS) is 22.8. The summed E-state index contributed by atoms with van der Waals surface area (Å²) in [7, 11) is 0. The number of aromatic nitrogens is 3. The second-order valence-corrected chi connectivity index (χ2v) is 6.81. The molecule has 2 bridgehead atoms. The third kappa shape index (κ3) is 4.56. The molecule has 4 rings (SSSR count). The minimum absolute atomic E-state index is 0.00479. The van der Waals surface area contributed by atoms with Crippen molar-refractivity contribution >= 4 is 12.4 Å². The second-order valence-electron chi connectivity index (χ2n) is 6.81. The highest BCUT2D eigenvalue weighted by atomic mass is 19.4. The highest BCUT2D eigenvalue weighted by Crippen LogP contribution is 2.44. The first-order valence-electron chi connectivity index (χ1n) is 8.88. The van der Waals surface area contributed by atoms with Gasteiger partial charge in [-0.05, 0) is 43.5 Å². The molecule has 2 fully saturated rings. The van der Waals surface area contributed by atoms with E-state index < -0.39 is 17.6 Å². The first-order valence-corrected chi connectivity index (χ1v) is 8.88. The van der Waals surface area contributed by atoms with Gasteiger partial charge in [-0.1, -0.05) is 0 Å². The molecule has 3 atom stereocenters. The number of benzene rings is 1. The molecule has 3 N–H and O–H groups in total. The highest BCUT2D eigenvalue weighted by Gasteiger charge is 2.44. The third-order valence-electron chi connectivity index (χ3n) is 4.89. The number of alkyl halides is 3. The van der Waals surface area contributed by atoms with Gasteiger partial charge < -0.3 is 15.6 Å². The lowest BCUT2D eigenvalue weighted by molar-refractivity contribution is -0.137. The Morgan fingerprint density at radius 1 is 1.31 bits per heavy atom. The molecule has 2 aliphatic rings. The standard InChI is InChI=1S/C17H17F3N4O2.CH2O2/c18-17(19,20)9-1-3-10(4-2-9)24-16(22-15(23-24)8-14(21)25)12-7-11-5-6-13(12)26-11;2-1-3/h1-4,11-13H,5-8H2,(H2,21,25);1H,(H,2,3)/t11-,12-,13+;/m0./s1. The summed E-state index contributed by atoms with van der Waals surface area (Å²) < 4.78 is 45.8. The van der Waals surface area contributed by atoms with Gasteiger partial charge in [0, 0.05) is 5.92 Å². The number of hydrogen-bond donors (Lipinski definition) is 2. The molecule has 29 heavy (non-hydrogen) atoms. The van der Waals surface area contributed by atoms with Gasteiger partial charge in [0.15, 0.2) is 5.82 Å². The summed E-state index contributed by atoms with van der Waals surface area (Å²) in [6.07, 6.45) is -1.60. The van der Waals surface area contributed by atoms with E-state index in [-0.39, 0.29) is 36.8 Å². The number of nitrogens with zero attached hydrogens (tertiary/aromatic N) is 3. The molecule has 0 aliphatic carbocycles. The maximum Gasteiger partial charge on any atom is 0.416 e. The van der Waals surface area contributed by atoms with Crippen LogP contribution in [0.3, 0.4) is 0 Å². The molecule has 1 aromatic carbocycles. The summed E-state index contributed by atoms with van der Waals surface area (Å²) in [6.45, 7) is -0.250. The molecule has 1 aromatic heterocycles.